The Labute approximate surface area is 123 Å². The number of anilines is 1. The lowest BCUT2D eigenvalue weighted by atomic mass is 9.91. The minimum Gasteiger partial charge on any atom is -0.430 e. The fourth-order valence-electron chi connectivity index (χ4n) is 3.06. The summed E-state index contributed by atoms with van der Waals surface area (Å²) in [6, 6.07) is 19.4. The molecule has 0 heterocycles. The fourth-order valence-corrected chi connectivity index (χ4v) is 3.06. The summed E-state index contributed by atoms with van der Waals surface area (Å²) in [4.78, 5) is 4.57. The zero-order valence-electron chi connectivity index (χ0n) is 11.5. The maximum Gasteiger partial charge on any atom is 0.275 e. The molecule has 21 heavy (non-hydrogen) atoms. The Morgan fingerprint density at radius 2 is 1.52 bits per heavy atom. The van der Waals surface area contributed by atoms with Gasteiger partial charge in [0.15, 0.2) is 0 Å². The summed E-state index contributed by atoms with van der Waals surface area (Å²) in [5, 5.41) is 10.9. The lowest BCUT2D eigenvalue weighted by Gasteiger charge is -2.14. The van der Waals surface area contributed by atoms with E-state index in [1.54, 1.807) is 0 Å². The smallest absolute Gasteiger partial charge is 0.275 e. The second kappa shape index (κ2) is 4.92. The van der Waals surface area contributed by atoms with Crippen LogP contribution in [0.2, 0.25) is 0 Å². The standard InChI is InChI=1S/C17H14BN2O/c19-21-10-18-20-15-9-7-13-5-4-11-2-1-3-12-6-8-14(15)17(13)16(11)12/h1-9,20H,10,19H2. The number of nitrogens with two attached hydrogens (primary N) is 1. The second-order valence-corrected chi connectivity index (χ2v) is 5.15. The summed E-state index contributed by atoms with van der Waals surface area (Å²) in [5.74, 6) is 5.05. The van der Waals surface area contributed by atoms with Crippen LogP contribution >= 0.6 is 0 Å². The van der Waals surface area contributed by atoms with E-state index >= 15 is 0 Å². The molecule has 0 aliphatic carbocycles. The Bertz CT molecular complexity index is 907. The van der Waals surface area contributed by atoms with Crippen molar-refractivity contribution in [3.05, 3.63) is 54.6 Å². The van der Waals surface area contributed by atoms with Crippen LogP contribution in [0.4, 0.5) is 5.69 Å². The monoisotopic (exact) mass is 273 g/mol. The molecule has 0 bridgehead atoms. The van der Waals surface area contributed by atoms with Crippen LogP contribution in [0.3, 0.4) is 0 Å². The summed E-state index contributed by atoms with van der Waals surface area (Å²) < 4.78 is 0. The van der Waals surface area contributed by atoms with E-state index in [0.717, 1.165) is 5.69 Å². The van der Waals surface area contributed by atoms with E-state index in [-0.39, 0.29) is 0 Å². The number of nitrogens with one attached hydrogen (secondary N) is 1. The lowest BCUT2D eigenvalue weighted by molar-refractivity contribution is 0.184. The average molecular weight is 273 g/mol. The van der Waals surface area contributed by atoms with E-state index < -0.39 is 0 Å². The van der Waals surface area contributed by atoms with Crippen LogP contribution in [0, 0.1) is 0 Å². The molecule has 4 heteroatoms. The van der Waals surface area contributed by atoms with Gasteiger partial charge in [-0.3, -0.25) is 0 Å². The molecule has 3 nitrogen and oxygen atoms in total. The Kier molecular flexibility index (Phi) is 2.91. The van der Waals surface area contributed by atoms with Crippen LogP contribution in [0.15, 0.2) is 54.6 Å². The fraction of sp³-hybridized carbons (Fsp3) is 0.0588. The molecule has 0 aromatic heterocycles. The van der Waals surface area contributed by atoms with Gasteiger partial charge in [-0.1, -0.05) is 48.5 Å². The van der Waals surface area contributed by atoms with Crippen LogP contribution < -0.4 is 11.1 Å². The van der Waals surface area contributed by atoms with Crippen molar-refractivity contribution in [1.82, 2.24) is 0 Å². The van der Waals surface area contributed by atoms with Crippen molar-refractivity contribution < 1.29 is 4.84 Å². The maximum absolute atomic E-state index is 5.05. The summed E-state index contributed by atoms with van der Waals surface area (Å²) in [6.45, 7) is 0.363. The lowest BCUT2D eigenvalue weighted by Crippen LogP contribution is -2.16. The van der Waals surface area contributed by atoms with Crippen molar-refractivity contribution in [2.24, 2.45) is 5.90 Å². The van der Waals surface area contributed by atoms with Crippen molar-refractivity contribution in [1.29, 1.82) is 0 Å². The molecule has 0 amide bonds. The number of hydrogen-bond acceptors (Lipinski definition) is 3. The first-order valence-electron chi connectivity index (χ1n) is 6.95. The van der Waals surface area contributed by atoms with Gasteiger partial charge < -0.3 is 10.1 Å². The first-order chi connectivity index (χ1) is 10.4. The minimum absolute atomic E-state index is 0.363. The van der Waals surface area contributed by atoms with Gasteiger partial charge in [0.25, 0.3) is 7.41 Å². The number of rotatable bonds is 4. The normalized spacial score (nSPS) is 11.5. The Balaban J connectivity index is 2.01. The van der Waals surface area contributed by atoms with Crippen LogP contribution in [0.25, 0.3) is 32.3 Å². The highest BCUT2D eigenvalue weighted by Crippen LogP contribution is 2.37. The van der Waals surface area contributed by atoms with Gasteiger partial charge >= 0.3 is 0 Å². The molecule has 0 aliphatic rings. The number of hydrogen-bond donors (Lipinski definition) is 2. The first-order valence-corrected chi connectivity index (χ1v) is 6.95. The van der Waals surface area contributed by atoms with Crippen LogP contribution in [0.5, 0.6) is 0 Å². The topological polar surface area (TPSA) is 47.3 Å². The zero-order valence-corrected chi connectivity index (χ0v) is 11.5. The van der Waals surface area contributed by atoms with E-state index in [1.165, 1.54) is 32.3 Å². The highest BCUT2D eigenvalue weighted by atomic mass is 16.6. The third-order valence-corrected chi connectivity index (χ3v) is 3.97. The molecular formula is C17H14BN2O. The highest BCUT2D eigenvalue weighted by Gasteiger charge is 2.10. The average Bonchev–Trinajstić information content (AvgIpc) is 2.54. The zero-order chi connectivity index (χ0) is 14.2. The van der Waals surface area contributed by atoms with Gasteiger partial charge in [0.2, 0.25) is 0 Å². The third-order valence-electron chi connectivity index (χ3n) is 3.97. The molecule has 0 fully saturated rings. The predicted molar refractivity (Wildman–Crippen MR) is 89.7 cm³/mol. The van der Waals surface area contributed by atoms with Crippen LogP contribution in [0.1, 0.15) is 0 Å². The van der Waals surface area contributed by atoms with Gasteiger partial charge in [-0.2, -0.15) is 0 Å². The van der Waals surface area contributed by atoms with E-state index in [4.69, 9.17) is 5.90 Å². The second-order valence-electron chi connectivity index (χ2n) is 5.15. The summed E-state index contributed by atoms with van der Waals surface area (Å²) in [7, 11) is 1.81. The SMILES string of the molecule is NOC[B]Nc1ccc2ccc3cccc4ccc1c2c34. The molecule has 4 rings (SSSR count). The summed E-state index contributed by atoms with van der Waals surface area (Å²) in [5.41, 5.74) is 1.07. The van der Waals surface area contributed by atoms with E-state index in [0.29, 0.717) is 6.51 Å². The minimum atomic E-state index is 0.363. The van der Waals surface area contributed by atoms with Gasteiger partial charge in [0.05, 0.1) is 6.51 Å². The predicted octanol–water partition coefficient (Wildman–Crippen LogP) is 3.46. The van der Waals surface area contributed by atoms with Gasteiger partial charge in [-0.15, -0.1) is 0 Å². The quantitative estimate of drug-likeness (QED) is 0.259. The van der Waals surface area contributed by atoms with Gasteiger partial charge in [-0.25, -0.2) is 5.90 Å². The van der Waals surface area contributed by atoms with E-state index in [2.05, 4.69) is 64.7 Å². The molecule has 0 aliphatic heterocycles. The van der Waals surface area contributed by atoms with Crippen molar-refractivity contribution in [3.8, 4) is 0 Å². The van der Waals surface area contributed by atoms with Crippen LogP contribution in [-0.2, 0) is 4.84 Å². The molecule has 0 saturated carbocycles. The first kappa shape index (κ1) is 12.4. The van der Waals surface area contributed by atoms with Gasteiger partial charge in [0, 0.05) is 11.1 Å². The van der Waals surface area contributed by atoms with Crippen molar-refractivity contribution >= 4 is 45.4 Å². The molecule has 0 atom stereocenters. The largest absolute Gasteiger partial charge is 0.430 e. The molecule has 1 radical (unpaired) electrons. The highest BCUT2D eigenvalue weighted by molar-refractivity contribution is 6.41. The van der Waals surface area contributed by atoms with Crippen molar-refractivity contribution in [2.75, 3.05) is 11.7 Å². The maximum atomic E-state index is 5.05. The molecular weight excluding hydrogens is 259 g/mol. The molecule has 4 aromatic rings. The van der Waals surface area contributed by atoms with Crippen molar-refractivity contribution in [2.45, 2.75) is 0 Å². The molecule has 0 saturated heterocycles. The third kappa shape index (κ3) is 1.92. The van der Waals surface area contributed by atoms with E-state index in [9.17, 15) is 0 Å². The van der Waals surface area contributed by atoms with Gasteiger partial charge in [-0.05, 0) is 33.0 Å². The Morgan fingerprint density at radius 1 is 0.857 bits per heavy atom. The van der Waals surface area contributed by atoms with Crippen LogP contribution in [-0.4, -0.2) is 13.9 Å². The molecule has 0 spiro atoms. The Morgan fingerprint density at radius 3 is 2.29 bits per heavy atom. The molecule has 4 aromatic carbocycles. The van der Waals surface area contributed by atoms with Crippen molar-refractivity contribution in [3.63, 3.8) is 0 Å². The number of benzene rings is 4. The molecule has 0 unspecified atom stereocenters. The summed E-state index contributed by atoms with van der Waals surface area (Å²) in [6.07, 6.45) is 0. The Hall–Kier alpha value is -2.30. The molecule has 101 valence electrons. The molecule has 3 N–H and O–H groups in total. The summed E-state index contributed by atoms with van der Waals surface area (Å²) >= 11 is 0. The van der Waals surface area contributed by atoms with Gasteiger partial charge in [0.1, 0.15) is 0 Å². The van der Waals surface area contributed by atoms with E-state index in [1.807, 2.05) is 7.41 Å².